The number of pyridine rings is 1. The lowest BCUT2D eigenvalue weighted by Gasteiger charge is -2.33. The quantitative estimate of drug-likeness (QED) is 0.486. The maximum Gasteiger partial charge on any atom is 0.226 e. The summed E-state index contributed by atoms with van der Waals surface area (Å²) in [6, 6.07) is 17.6. The molecule has 1 N–H and O–H groups in total. The van der Waals surface area contributed by atoms with E-state index >= 15 is 0 Å². The number of rotatable bonds is 4. The molecule has 5 aromatic rings. The Morgan fingerprint density at radius 1 is 0.935 bits per heavy atom. The lowest BCUT2D eigenvalue weighted by atomic mass is 10.0. The first-order valence-corrected chi connectivity index (χ1v) is 10.1. The molecule has 152 valence electrons. The number of fused-ring (bicyclic) bond motifs is 2. The summed E-state index contributed by atoms with van der Waals surface area (Å²) in [5.74, 6) is 1.97. The summed E-state index contributed by atoms with van der Waals surface area (Å²) in [6.45, 7) is 0.757. The maximum atomic E-state index is 5.84. The van der Waals surface area contributed by atoms with Gasteiger partial charge in [-0.15, -0.1) is 0 Å². The van der Waals surface area contributed by atoms with Crippen molar-refractivity contribution in [1.29, 1.82) is 0 Å². The van der Waals surface area contributed by atoms with Gasteiger partial charge in [0, 0.05) is 24.9 Å². The summed E-state index contributed by atoms with van der Waals surface area (Å²) in [5, 5.41) is 4.80. The zero-order valence-electron chi connectivity index (χ0n) is 16.6. The normalized spacial score (nSPS) is 15.7. The number of anilines is 1. The van der Waals surface area contributed by atoms with Gasteiger partial charge in [0.15, 0.2) is 5.75 Å². The molecule has 8 nitrogen and oxygen atoms in total. The number of aromatic nitrogens is 6. The van der Waals surface area contributed by atoms with Gasteiger partial charge in [-0.25, -0.2) is 19.5 Å². The molecule has 1 atom stereocenters. The van der Waals surface area contributed by atoms with Gasteiger partial charge in [0.1, 0.15) is 11.8 Å². The third kappa shape index (κ3) is 3.18. The highest BCUT2D eigenvalue weighted by Gasteiger charge is 2.34. The number of nitrogens with zero attached hydrogens (tertiary/aromatic N) is 6. The molecule has 0 amide bonds. The lowest BCUT2D eigenvalue weighted by Crippen LogP contribution is -2.37. The topological polar surface area (TPSA) is 84.2 Å². The van der Waals surface area contributed by atoms with Crippen LogP contribution in [-0.4, -0.2) is 36.1 Å². The molecule has 0 unspecified atom stereocenters. The van der Waals surface area contributed by atoms with Crippen LogP contribution in [0.15, 0.2) is 79.5 Å². The molecule has 1 aliphatic heterocycles. The molecule has 8 heteroatoms. The summed E-state index contributed by atoms with van der Waals surface area (Å²) in [6.07, 6.45) is 7.94. The van der Waals surface area contributed by atoms with Crippen LogP contribution in [0.5, 0.6) is 11.5 Å². The van der Waals surface area contributed by atoms with Crippen LogP contribution in [0.4, 0.5) is 5.95 Å². The third-order valence-electron chi connectivity index (χ3n) is 5.44. The SMILES string of the molecule is c1ccc(Oc2cnc(N3CCc4[nH]cnc4[C@H]3c3cc4ccccn4n3)nc2)cc1. The van der Waals surface area contributed by atoms with Gasteiger partial charge in [-0.2, -0.15) is 5.10 Å². The molecule has 1 aliphatic rings. The number of nitrogens with one attached hydrogen (secondary N) is 1. The fourth-order valence-electron chi connectivity index (χ4n) is 4.02. The maximum absolute atomic E-state index is 5.84. The smallest absolute Gasteiger partial charge is 0.226 e. The molecular formula is C23H19N7O. The zero-order chi connectivity index (χ0) is 20.6. The van der Waals surface area contributed by atoms with E-state index in [4.69, 9.17) is 9.84 Å². The minimum atomic E-state index is -0.171. The van der Waals surface area contributed by atoms with E-state index in [1.54, 1.807) is 18.7 Å². The van der Waals surface area contributed by atoms with E-state index in [0.29, 0.717) is 11.7 Å². The minimum absolute atomic E-state index is 0.171. The summed E-state index contributed by atoms with van der Waals surface area (Å²) < 4.78 is 7.72. The molecule has 0 saturated heterocycles. The van der Waals surface area contributed by atoms with E-state index in [1.165, 1.54) is 0 Å². The van der Waals surface area contributed by atoms with Crippen LogP contribution in [0, 0.1) is 0 Å². The second kappa shape index (κ2) is 7.24. The monoisotopic (exact) mass is 409 g/mol. The average molecular weight is 409 g/mol. The van der Waals surface area contributed by atoms with Gasteiger partial charge in [-0.3, -0.25) is 0 Å². The van der Waals surface area contributed by atoms with Crippen molar-refractivity contribution in [2.45, 2.75) is 12.5 Å². The summed E-state index contributed by atoms with van der Waals surface area (Å²) in [5.41, 5.74) is 4.03. The number of hydrogen-bond donors (Lipinski definition) is 1. The molecule has 31 heavy (non-hydrogen) atoms. The Morgan fingerprint density at radius 3 is 2.61 bits per heavy atom. The van der Waals surface area contributed by atoms with Gasteiger partial charge in [0.25, 0.3) is 0 Å². The molecule has 4 aromatic heterocycles. The molecule has 6 rings (SSSR count). The lowest BCUT2D eigenvalue weighted by molar-refractivity contribution is 0.476. The van der Waals surface area contributed by atoms with E-state index in [9.17, 15) is 0 Å². The highest BCUT2D eigenvalue weighted by molar-refractivity contribution is 5.52. The molecule has 0 spiro atoms. The number of hydrogen-bond acceptors (Lipinski definition) is 6. The Bertz CT molecular complexity index is 1290. The Labute approximate surface area is 178 Å². The van der Waals surface area contributed by atoms with Crippen molar-refractivity contribution in [2.75, 3.05) is 11.4 Å². The fourth-order valence-corrected chi connectivity index (χ4v) is 4.02. The van der Waals surface area contributed by atoms with Crippen LogP contribution in [0.1, 0.15) is 23.1 Å². The predicted octanol–water partition coefficient (Wildman–Crippen LogP) is 3.79. The number of aromatic amines is 1. The third-order valence-corrected chi connectivity index (χ3v) is 5.44. The van der Waals surface area contributed by atoms with Crippen LogP contribution in [0.25, 0.3) is 5.52 Å². The van der Waals surface area contributed by atoms with E-state index in [1.807, 2.05) is 59.2 Å². The standard InChI is InChI=1S/C23H19N7O/c1-2-7-17(8-3-1)31-18-13-24-23(25-14-18)29-11-9-19-21(27-15-26-19)22(29)20-12-16-6-4-5-10-30(16)28-20/h1-8,10,12-15,22H,9,11H2,(H,26,27)/t22-/m1/s1. The first-order valence-electron chi connectivity index (χ1n) is 10.1. The van der Waals surface area contributed by atoms with Crippen molar-refractivity contribution in [2.24, 2.45) is 0 Å². The van der Waals surface area contributed by atoms with Crippen LogP contribution in [0.2, 0.25) is 0 Å². The molecule has 0 radical (unpaired) electrons. The van der Waals surface area contributed by atoms with Crippen molar-refractivity contribution >= 4 is 11.5 Å². The first-order chi connectivity index (χ1) is 15.3. The molecule has 0 bridgehead atoms. The molecule has 5 heterocycles. The van der Waals surface area contributed by atoms with Crippen molar-refractivity contribution in [3.63, 3.8) is 0 Å². The van der Waals surface area contributed by atoms with Gasteiger partial charge in [0.05, 0.1) is 35.6 Å². The predicted molar refractivity (Wildman–Crippen MR) is 115 cm³/mol. The van der Waals surface area contributed by atoms with Gasteiger partial charge in [-0.1, -0.05) is 24.3 Å². The molecule has 1 aromatic carbocycles. The highest BCUT2D eigenvalue weighted by Crippen LogP contribution is 2.35. The van der Waals surface area contributed by atoms with Gasteiger partial charge in [-0.05, 0) is 30.3 Å². The Morgan fingerprint density at radius 2 is 1.77 bits per heavy atom. The van der Waals surface area contributed by atoms with Crippen molar-refractivity contribution in [3.8, 4) is 11.5 Å². The molecule has 0 saturated carbocycles. The number of para-hydroxylation sites is 1. The van der Waals surface area contributed by atoms with Crippen LogP contribution in [0.3, 0.4) is 0 Å². The average Bonchev–Trinajstić information content (AvgIpc) is 3.46. The van der Waals surface area contributed by atoms with Crippen molar-refractivity contribution < 1.29 is 4.74 Å². The van der Waals surface area contributed by atoms with Crippen LogP contribution < -0.4 is 9.64 Å². The van der Waals surface area contributed by atoms with E-state index in [2.05, 4.69) is 30.9 Å². The fraction of sp³-hybridized carbons (Fsp3) is 0.130. The van der Waals surface area contributed by atoms with E-state index < -0.39 is 0 Å². The second-order valence-electron chi connectivity index (χ2n) is 7.39. The Hall–Kier alpha value is -4.20. The highest BCUT2D eigenvalue weighted by atomic mass is 16.5. The van der Waals surface area contributed by atoms with Crippen LogP contribution >= 0.6 is 0 Å². The number of imidazole rings is 1. The van der Waals surface area contributed by atoms with Crippen molar-refractivity contribution in [1.82, 2.24) is 29.5 Å². The molecular weight excluding hydrogens is 390 g/mol. The Balaban J connectivity index is 1.36. The summed E-state index contributed by atoms with van der Waals surface area (Å²) >= 11 is 0. The van der Waals surface area contributed by atoms with Gasteiger partial charge >= 0.3 is 0 Å². The van der Waals surface area contributed by atoms with Gasteiger partial charge < -0.3 is 14.6 Å². The zero-order valence-corrected chi connectivity index (χ0v) is 16.6. The van der Waals surface area contributed by atoms with E-state index in [-0.39, 0.29) is 6.04 Å². The van der Waals surface area contributed by atoms with Gasteiger partial charge in [0.2, 0.25) is 5.95 Å². The minimum Gasteiger partial charge on any atom is -0.454 e. The van der Waals surface area contributed by atoms with Crippen molar-refractivity contribution in [3.05, 3.63) is 96.6 Å². The van der Waals surface area contributed by atoms with Crippen LogP contribution in [-0.2, 0) is 6.42 Å². The number of ether oxygens (including phenoxy) is 1. The molecule has 0 aliphatic carbocycles. The largest absolute Gasteiger partial charge is 0.454 e. The Kier molecular flexibility index (Phi) is 4.12. The number of H-pyrrole nitrogens is 1. The number of benzene rings is 1. The second-order valence-corrected chi connectivity index (χ2v) is 7.39. The van der Waals surface area contributed by atoms with E-state index in [0.717, 1.165) is 41.3 Å². The summed E-state index contributed by atoms with van der Waals surface area (Å²) in [7, 11) is 0. The first kappa shape index (κ1) is 17.6. The summed E-state index contributed by atoms with van der Waals surface area (Å²) in [4.78, 5) is 19.2. The molecule has 0 fully saturated rings.